The van der Waals surface area contributed by atoms with Gasteiger partial charge < -0.3 is 25.0 Å². The van der Waals surface area contributed by atoms with E-state index in [-0.39, 0.29) is 42.7 Å². The second-order valence-electron chi connectivity index (χ2n) is 12.3. The molecule has 3 aliphatic rings. The van der Waals surface area contributed by atoms with Crippen molar-refractivity contribution in [2.24, 2.45) is 0 Å². The topological polar surface area (TPSA) is 115 Å². The monoisotopic (exact) mass is 577 g/mol. The third kappa shape index (κ3) is 4.50. The lowest BCUT2D eigenvalue weighted by atomic mass is 9.95. The molecule has 5 heterocycles. The number of aromatic nitrogens is 3. The van der Waals surface area contributed by atoms with Crippen molar-refractivity contribution in [3.8, 4) is 23.0 Å². The van der Waals surface area contributed by atoms with E-state index in [1.165, 1.54) is 12.3 Å². The summed E-state index contributed by atoms with van der Waals surface area (Å²) in [5.41, 5.74) is -1.17. The molecule has 3 saturated heterocycles. The van der Waals surface area contributed by atoms with E-state index < -0.39 is 29.2 Å². The predicted octanol–water partition coefficient (Wildman–Crippen LogP) is 3.97. The van der Waals surface area contributed by atoms with Crippen molar-refractivity contribution >= 4 is 27.5 Å². The smallest absolute Gasteiger partial charge is 0.319 e. The standard InChI is InChI=1S/C31H33F2N5O4/c1-30(41)12-20(15-39)38(16-30)28-24-13-34-26(23-10-21(40)9-18-5-2-3-6-22(18)23)25(33)27(24)35-29(36-28)42-17-31-7-4-8-37(31)14-19(32)11-31/h2-3,5-6,9-10,13,19-20,39-41H,4,7-8,11-12,14-17H2,1H3/t19-,20+,30?,31+/m1/s1. The van der Waals surface area contributed by atoms with Crippen LogP contribution in [-0.4, -0.2) is 91.4 Å². The lowest BCUT2D eigenvalue weighted by molar-refractivity contribution is 0.0771. The Bertz CT molecular complexity index is 1690. The van der Waals surface area contributed by atoms with Crippen LogP contribution in [0.15, 0.2) is 42.6 Å². The first-order chi connectivity index (χ1) is 20.2. The number of fused-ring (bicyclic) bond motifs is 3. The van der Waals surface area contributed by atoms with Crippen molar-refractivity contribution in [1.82, 2.24) is 19.9 Å². The average molecular weight is 578 g/mol. The quantitative estimate of drug-likeness (QED) is 0.313. The van der Waals surface area contributed by atoms with E-state index in [2.05, 4.69) is 19.9 Å². The van der Waals surface area contributed by atoms with Gasteiger partial charge in [0.05, 0.1) is 29.2 Å². The molecule has 3 fully saturated rings. The zero-order valence-electron chi connectivity index (χ0n) is 23.3. The predicted molar refractivity (Wildman–Crippen MR) is 154 cm³/mol. The van der Waals surface area contributed by atoms with Gasteiger partial charge in [0.25, 0.3) is 0 Å². The highest BCUT2D eigenvalue weighted by Gasteiger charge is 2.49. The summed E-state index contributed by atoms with van der Waals surface area (Å²) in [4.78, 5) is 17.5. The van der Waals surface area contributed by atoms with Crippen LogP contribution in [0, 0.1) is 5.82 Å². The molecule has 4 atom stereocenters. The van der Waals surface area contributed by atoms with Gasteiger partial charge in [-0.1, -0.05) is 24.3 Å². The number of aliphatic hydroxyl groups excluding tert-OH is 1. The molecule has 3 N–H and O–H groups in total. The van der Waals surface area contributed by atoms with Crippen LogP contribution in [0.1, 0.15) is 32.6 Å². The Morgan fingerprint density at radius 1 is 1.14 bits per heavy atom. The zero-order chi connectivity index (χ0) is 29.2. The first kappa shape index (κ1) is 27.2. The van der Waals surface area contributed by atoms with Crippen LogP contribution in [0.4, 0.5) is 14.6 Å². The lowest BCUT2D eigenvalue weighted by Gasteiger charge is -2.31. The van der Waals surface area contributed by atoms with Gasteiger partial charge in [-0.3, -0.25) is 9.88 Å². The van der Waals surface area contributed by atoms with Crippen LogP contribution in [0.5, 0.6) is 11.8 Å². The number of hydrogen-bond acceptors (Lipinski definition) is 9. The van der Waals surface area contributed by atoms with Gasteiger partial charge >= 0.3 is 6.01 Å². The van der Waals surface area contributed by atoms with Gasteiger partial charge in [0.1, 0.15) is 35.6 Å². The van der Waals surface area contributed by atoms with Crippen LogP contribution < -0.4 is 9.64 Å². The Morgan fingerprint density at radius 2 is 1.98 bits per heavy atom. The molecule has 9 nitrogen and oxygen atoms in total. The molecule has 0 saturated carbocycles. The van der Waals surface area contributed by atoms with Crippen molar-refractivity contribution in [3.05, 3.63) is 48.4 Å². The van der Waals surface area contributed by atoms with E-state index in [9.17, 15) is 19.7 Å². The SMILES string of the molecule is CC1(O)C[C@@H](CO)N(c2nc(OC[C@@]34CCCN3C[C@H](F)C4)nc3c(F)c(-c4cc(O)cc5ccccc45)ncc23)C1. The van der Waals surface area contributed by atoms with E-state index in [0.717, 1.165) is 24.8 Å². The molecule has 0 bridgehead atoms. The molecule has 7 rings (SSSR count). The highest BCUT2D eigenvalue weighted by molar-refractivity contribution is 6.00. The van der Waals surface area contributed by atoms with Crippen molar-refractivity contribution in [2.75, 3.05) is 37.7 Å². The number of aromatic hydroxyl groups is 1. The van der Waals surface area contributed by atoms with Crippen LogP contribution in [0.3, 0.4) is 0 Å². The van der Waals surface area contributed by atoms with Gasteiger partial charge in [0.15, 0.2) is 5.82 Å². The van der Waals surface area contributed by atoms with E-state index in [1.54, 1.807) is 17.9 Å². The van der Waals surface area contributed by atoms with E-state index >= 15 is 4.39 Å². The molecule has 0 spiro atoms. The number of β-amino-alcohol motifs (C(OH)–C–C–N with tert-alkyl or cyclic N) is 1. The maximum atomic E-state index is 16.5. The summed E-state index contributed by atoms with van der Waals surface area (Å²) >= 11 is 0. The second kappa shape index (κ2) is 9.96. The number of nitrogens with zero attached hydrogens (tertiary/aromatic N) is 5. The molecule has 2 aromatic heterocycles. The van der Waals surface area contributed by atoms with Crippen molar-refractivity contribution < 1.29 is 28.8 Å². The Kier molecular flexibility index (Phi) is 6.45. The Hall–Kier alpha value is -3.67. The fraction of sp³-hybridized carbons (Fsp3) is 0.452. The maximum absolute atomic E-state index is 16.5. The minimum Gasteiger partial charge on any atom is -0.508 e. The number of ether oxygens (including phenoxy) is 1. The van der Waals surface area contributed by atoms with Crippen molar-refractivity contribution in [1.29, 1.82) is 0 Å². The average Bonchev–Trinajstić information content (AvgIpc) is 3.60. The molecule has 1 unspecified atom stereocenters. The normalized spacial score (nSPS) is 27.8. The molecule has 2 aromatic carbocycles. The molecule has 3 aliphatic heterocycles. The van der Waals surface area contributed by atoms with E-state index in [1.807, 2.05) is 24.3 Å². The molecule has 11 heteroatoms. The number of phenolic OH excluding ortho intramolecular Hbond substituents is 1. The molecule has 220 valence electrons. The van der Waals surface area contributed by atoms with E-state index in [0.29, 0.717) is 41.5 Å². The minimum absolute atomic E-state index is 0.00829. The number of halogens is 2. The second-order valence-corrected chi connectivity index (χ2v) is 12.3. The first-order valence-corrected chi connectivity index (χ1v) is 14.4. The molecule has 42 heavy (non-hydrogen) atoms. The summed E-state index contributed by atoms with van der Waals surface area (Å²) in [7, 11) is 0. The van der Waals surface area contributed by atoms with Crippen LogP contribution in [0.2, 0.25) is 0 Å². The first-order valence-electron chi connectivity index (χ1n) is 14.4. The number of anilines is 1. The van der Waals surface area contributed by atoms with Gasteiger partial charge in [-0.15, -0.1) is 0 Å². The molecule has 0 aliphatic carbocycles. The molecular formula is C31H33F2N5O4. The van der Waals surface area contributed by atoms with Crippen LogP contribution in [-0.2, 0) is 0 Å². The van der Waals surface area contributed by atoms with Crippen LogP contribution >= 0.6 is 0 Å². The van der Waals surface area contributed by atoms with Crippen molar-refractivity contribution in [3.63, 3.8) is 0 Å². The fourth-order valence-corrected chi connectivity index (χ4v) is 7.22. The maximum Gasteiger partial charge on any atom is 0.319 e. The van der Waals surface area contributed by atoms with Crippen molar-refractivity contribution in [2.45, 2.75) is 56.0 Å². The third-order valence-corrected chi connectivity index (χ3v) is 9.09. The zero-order valence-corrected chi connectivity index (χ0v) is 23.3. The molecule has 4 aromatic rings. The highest BCUT2D eigenvalue weighted by Crippen LogP contribution is 2.42. The Labute approximate surface area is 241 Å². The molecular weight excluding hydrogens is 544 g/mol. The van der Waals surface area contributed by atoms with E-state index in [4.69, 9.17) is 4.74 Å². The summed E-state index contributed by atoms with van der Waals surface area (Å²) in [5.74, 6) is -0.444. The van der Waals surface area contributed by atoms with Gasteiger partial charge in [-0.25, -0.2) is 8.78 Å². The summed E-state index contributed by atoms with van der Waals surface area (Å²) in [6, 6.07) is 9.88. The minimum atomic E-state index is -1.10. The Morgan fingerprint density at radius 3 is 2.81 bits per heavy atom. The van der Waals surface area contributed by atoms with Gasteiger partial charge in [-0.2, -0.15) is 9.97 Å². The van der Waals surface area contributed by atoms with Crippen LogP contribution in [0.25, 0.3) is 32.9 Å². The Balaban J connectivity index is 1.37. The van der Waals surface area contributed by atoms with Gasteiger partial charge in [0.2, 0.25) is 0 Å². The summed E-state index contributed by atoms with van der Waals surface area (Å²) < 4.78 is 37.1. The molecule has 0 radical (unpaired) electrons. The third-order valence-electron chi connectivity index (χ3n) is 9.09. The number of aliphatic hydroxyl groups is 2. The molecule has 0 amide bonds. The largest absolute Gasteiger partial charge is 0.508 e. The van der Waals surface area contributed by atoms with Gasteiger partial charge in [-0.05, 0) is 49.2 Å². The highest BCUT2D eigenvalue weighted by atomic mass is 19.1. The summed E-state index contributed by atoms with van der Waals surface area (Å²) in [6.07, 6.45) is 2.95. The lowest BCUT2D eigenvalue weighted by Crippen LogP contribution is -2.43. The summed E-state index contributed by atoms with van der Waals surface area (Å²) in [6.45, 7) is 2.94. The number of hydrogen-bond donors (Lipinski definition) is 3. The number of phenols is 1. The number of rotatable bonds is 6. The number of pyridine rings is 1. The van der Waals surface area contributed by atoms with Gasteiger partial charge in [0, 0.05) is 37.7 Å². The number of alkyl halides is 1. The number of benzene rings is 2. The summed E-state index contributed by atoms with van der Waals surface area (Å²) in [5, 5.41) is 33.1. The fourth-order valence-electron chi connectivity index (χ4n) is 7.22.